The zero-order valence-electron chi connectivity index (χ0n) is 16.6. The standard InChI is InChI=1S/C22H27FN6/c1-12-5-19(29-28-12)26-18-8-17-16(3-2-4-25-17)22(24,27-18)20-14-6-13-7-15(20)11-21(23,9-13)10-14/h2-5,8,13-15,20,27H,6-7,9-11,24H2,1H3,(H2,26,28,29). The van der Waals surface area contributed by atoms with Gasteiger partial charge < -0.3 is 16.4 Å². The molecule has 1 aliphatic heterocycles. The summed E-state index contributed by atoms with van der Waals surface area (Å²) in [5, 5.41) is 14.2. The number of aryl methyl sites for hydroxylation is 1. The van der Waals surface area contributed by atoms with Crippen molar-refractivity contribution in [3.63, 3.8) is 0 Å². The number of rotatable bonds is 3. The highest BCUT2D eigenvalue weighted by Crippen LogP contribution is 2.62. The van der Waals surface area contributed by atoms with Gasteiger partial charge in [-0.2, -0.15) is 5.10 Å². The van der Waals surface area contributed by atoms with Gasteiger partial charge in [-0.15, -0.1) is 0 Å². The smallest absolute Gasteiger partial charge is 0.153 e. The van der Waals surface area contributed by atoms with Crippen LogP contribution in [0, 0.1) is 30.6 Å². The van der Waals surface area contributed by atoms with Crippen LogP contribution in [0.1, 0.15) is 49.1 Å². The minimum Gasteiger partial charge on any atom is -0.350 e. The molecule has 3 unspecified atom stereocenters. The summed E-state index contributed by atoms with van der Waals surface area (Å²) in [7, 11) is 0. The maximum Gasteiger partial charge on any atom is 0.153 e. The molecule has 5 aliphatic rings. The second-order valence-corrected chi connectivity index (χ2v) is 9.70. The summed E-state index contributed by atoms with van der Waals surface area (Å²) in [5.74, 6) is 2.85. The summed E-state index contributed by atoms with van der Waals surface area (Å²) in [6.45, 7) is 1.96. The first-order valence-corrected chi connectivity index (χ1v) is 10.6. The Hall–Kier alpha value is -2.41. The van der Waals surface area contributed by atoms with E-state index < -0.39 is 11.3 Å². The van der Waals surface area contributed by atoms with Gasteiger partial charge in [0.25, 0.3) is 0 Å². The second-order valence-electron chi connectivity index (χ2n) is 9.70. The first-order chi connectivity index (χ1) is 13.9. The van der Waals surface area contributed by atoms with Crippen molar-refractivity contribution in [3.05, 3.63) is 47.2 Å². The summed E-state index contributed by atoms with van der Waals surface area (Å²) < 4.78 is 15.3. The number of nitrogens with zero attached hydrogens (tertiary/aromatic N) is 2. The molecule has 2 aromatic heterocycles. The van der Waals surface area contributed by atoms with Crippen LogP contribution in [-0.4, -0.2) is 20.9 Å². The summed E-state index contributed by atoms with van der Waals surface area (Å²) in [4.78, 5) is 4.60. The van der Waals surface area contributed by atoms with Gasteiger partial charge in [-0.1, -0.05) is 6.07 Å². The van der Waals surface area contributed by atoms with Crippen LogP contribution in [0.15, 0.2) is 30.2 Å². The molecule has 2 aromatic rings. The third kappa shape index (κ3) is 2.63. The summed E-state index contributed by atoms with van der Waals surface area (Å²) >= 11 is 0. The molecule has 0 spiro atoms. The van der Waals surface area contributed by atoms with Crippen molar-refractivity contribution in [2.24, 2.45) is 29.4 Å². The third-order valence-corrected chi connectivity index (χ3v) is 7.60. The molecule has 0 radical (unpaired) electrons. The van der Waals surface area contributed by atoms with Crippen LogP contribution in [0.2, 0.25) is 0 Å². The lowest BCUT2D eigenvalue weighted by Crippen LogP contribution is -2.66. The van der Waals surface area contributed by atoms with Gasteiger partial charge >= 0.3 is 0 Å². The zero-order chi connectivity index (χ0) is 19.8. The predicted octanol–water partition coefficient (Wildman–Crippen LogP) is 3.40. The van der Waals surface area contributed by atoms with Crippen molar-refractivity contribution in [2.75, 3.05) is 5.32 Å². The average molecular weight is 394 g/mol. The SMILES string of the molecule is Cc1cc(NC2=Cc3ncccc3C(N)(C3C4CC5CC3CC(F)(C5)C4)N2)n[nH]1. The summed E-state index contributed by atoms with van der Waals surface area (Å²) in [5.41, 5.74) is 8.32. The predicted molar refractivity (Wildman–Crippen MR) is 109 cm³/mol. The molecule has 0 amide bonds. The fraction of sp³-hybridized carbons (Fsp3) is 0.545. The normalized spacial score (nSPS) is 39.6. The van der Waals surface area contributed by atoms with Gasteiger partial charge in [0, 0.05) is 35.5 Å². The number of anilines is 1. The van der Waals surface area contributed by atoms with Crippen molar-refractivity contribution in [1.29, 1.82) is 0 Å². The number of halogens is 1. The molecular formula is C22H27FN6. The lowest BCUT2D eigenvalue weighted by atomic mass is 9.48. The molecule has 3 atom stereocenters. The Kier molecular flexibility index (Phi) is 3.50. The largest absolute Gasteiger partial charge is 0.350 e. The minimum absolute atomic E-state index is 0.192. The number of hydrogen-bond donors (Lipinski definition) is 4. The number of pyridine rings is 1. The zero-order valence-corrected chi connectivity index (χ0v) is 16.6. The number of nitrogens with two attached hydrogens (primary N) is 1. The molecular weight excluding hydrogens is 367 g/mol. The molecule has 7 rings (SSSR count). The molecule has 29 heavy (non-hydrogen) atoms. The topological polar surface area (TPSA) is 91.7 Å². The molecule has 6 nitrogen and oxygen atoms in total. The Labute approximate surface area is 169 Å². The molecule has 3 heterocycles. The van der Waals surface area contributed by atoms with Crippen LogP contribution in [0.4, 0.5) is 10.2 Å². The van der Waals surface area contributed by atoms with E-state index in [0.29, 0.717) is 30.6 Å². The van der Waals surface area contributed by atoms with Crippen LogP contribution < -0.4 is 16.4 Å². The Morgan fingerprint density at radius 2 is 2.03 bits per heavy atom. The summed E-state index contributed by atoms with van der Waals surface area (Å²) in [6, 6.07) is 5.96. The third-order valence-electron chi connectivity index (χ3n) is 7.60. The van der Waals surface area contributed by atoms with Gasteiger partial charge in [-0.25, -0.2) is 4.39 Å². The van der Waals surface area contributed by atoms with Crippen LogP contribution in [-0.2, 0) is 5.66 Å². The number of aromatic nitrogens is 3. The van der Waals surface area contributed by atoms with Crippen molar-refractivity contribution < 1.29 is 4.39 Å². The number of nitrogens with one attached hydrogen (secondary N) is 3. The number of alkyl halides is 1. The Balaban J connectivity index is 1.39. The van der Waals surface area contributed by atoms with Crippen LogP contribution in [0.5, 0.6) is 0 Å². The highest BCUT2D eigenvalue weighted by atomic mass is 19.1. The molecule has 0 aromatic carbocycles. The van der Waals surface area contributed by atoms with Crippen LogP contribution >= 0.6 is 0 Å². The van der Waals surface area contributed by atoms with Crippen molar-refractivity contribution in [3.8, 4) is 0 Å². The van der Waals surface area contributed by atoms with E-state index in [1.165, 1.54) is 0 Å². The Morgan fingerprint density at radius 3 is 2.72 bits per heavy atom. The second kappa shape index (κ2) is 5.81. The molecule has 4 fully saturated rings. The van der Waals surface area contributed by atoms with Crippen LogP contribution in [0.25, 0.3) is 6.08 Å². The number of H-pyrrole nitrogens is 1. The van der Waals surface area contributed by atoms with E-state index in [9.17, 15) is 0 Å². The molecule has 5 N–H and O–H groups in total. The van der Waals surface area contributed by atoms with Gasteiger partial charge in [0.2, 0.25) is 0 Å². The monoisotopic (exact) mass is 394 g/mol. The number of aromatic amines is 1. The van der Waals surface area contributed by atoms with E-state index in [1.54, 1.807) is 6.20 Å². The Bertz CT molecular complexity index is 983. The lowest BCUT2D eigenvalue weighted by molar-refractivity contribution is -0.135. The average Bonchev–Trinajstić information content (AvgIpc) is 3.04. The quantitative estimate of drug-likeness (QED) is 0.640. The van der Waals surface area contributed by atoms with E-state index in [1.807, 2.05) is 25.1 Å². The molecule has 4 bridgehead atoms. The maximum absolute atomic E-state index is 15.3. The first kappa shape index (κ1) is 17.4. The molecule has 0 saturated heterocycles. The number of hydrogen-bond acceptors (Lipinski definition) is 5. The van der Waals surface area contributed by atoms with Gasteiger partial charge in [0.15, 0.2) is 5.82 Å². The highest BCUT2D eigenvalue weighted by molar-refractivity contribution is 5.62. The van der Waals surface area contributed by atoms with Gasteiger partial charge in [0.05, 0.1) is 5.69 Å². The maximum atomic E-state index is 15.3. The van der Waals surface area contributed by atoms with E-state index >= 15 is 4.39 Å². The van der Waals surface area contributed by atoms with Crippen LogP contribution in [0.3, 0.4) is 0 Å². The highest BCUT2D eigenvalue weighted by Gasteiger charge is 2.61. The van der Waals surface area contributed by atoms with E-state index in [-0.39, 0.29) is 5.92 Å². The van der Waals surface area contributed by atoms with E-state index in [4.69, 9.17) is 5.73 Å². The fourth-order valence-corrected chi connectivity index (χ4v) is 6.96. The molecule has 152 valence electrons. The van der Waals surface area contributed by atoms with Gasteiger partial charge in [-0.05, 0) is 62.8 Å². The van der Waals surface area contributed by atoms with Gasteiger partial charge in [0.1, 0.15) is 17.2 Å². The lowest BCUT2D eigenvalue weighted by Gasteiger charge is -2.61. The van der Waals surface area contributed by atoms with Crippen molar-refractivity contribution in [2.45, 2.75) is 50.4 Å². The fourth-order valence-electron chi connectivity index (χ4n) is 6.96. The van der Waals surface area contributed by atoms with Gasteiger partial charge in [-0.3, -0.25) is 10.1 Å². The van der Waals surface area contributed by atoms with E-state index in [2.05, 4.69) is 31.9 Å². The minimum atomic E-state index is -0.973. The van der Waals surface area contributed by atoms with E-state index in [0.717, 1.165) is 47.9 Å². The first-order valence-electron chi connectivity index (χ1n) is 10.6. The van der Waals surface area contributed by atoms with Crippen molar-refractivity contribution in [1.82, 2.24) is 20.5 Å². The van der Waals surface area contributed by atoms with Crippen molar-refractivity contribution >= 4 is 11.9 Å². The number of fused-ring (bicyclic) bond motifs is 1. The Morgan fingerprint density at radius 1 is 1.24 bits per heavy atom. The molecule has 4 saturated carbocycles. The summed E-state index contributed by atoms with van der Waals surface area (Å²) in [6.07, 6.45) is 8.00. The molecule has 7 heteroatoms. The molecule has 4 aliphatic carbocycles.